The van der Waals surface area contributed by atoms with Gasteiger partial charge in [0.25, 0.3) is 8.53 Å². The number of nitrogens with one attached hydrogen (secondary N) is 1. The second kappa shape index (κ2) is 7.48. The second-order valence-corrected chi connectivity index (χ2v) is 6.82. The molecule has 22 heavy (non-hydrogen) atoms. The van der Waals surface area contributed by atoms with Crippen LogP contribution in [0.4, 0.5) is 5.82 Å². The third-order valence-electron chi connectivity index (χ3n) is 3.33. The molecule has 0 saturated carbocycles. The first-order valence-electron chi connectivity index (χ1n) is 7.25. The minimum absolute atomic E-state index is 0.139. The van der Waals surface area contributed by atoms with Gasteiger partial charge >= 0.3 is 5.69 Å². The first-order chi connectivity index (χ1) is 10.4. The lowest BCUT2D eigenvalue weighted by molar-refractivity contribution is -0.0295. The smallest absolute Gasteiger partial charge is 0.351 e. The van der Waals surface area contributed by atoms with E-state index in [0.717, 1.165) is 6.42 Å². The van der Waals surface area contributed by atoms with Crippen LogP contribution in [0.15, 0.2) is 17.1 Å². The Morgan fingerprint density at radius 2 is 2.41 bits per heavy atom. The van der Waals surface area contributed by atoms with Crippen LogP contribution in [0.2, 0.25) is 0 Å². The maximum absolute atomic E-state index is 11.9. The highest BCUT2D eigenvalue weighted by Gasteiger charge is 2.34. The van der Waals surface area contributed by atoms with Gasteiger partial charge in [0.15, 0.2) is 0 Å². The molecular formula is C13H23N4O4P. The molecule has 1 aromatic rings. The molecule has 0 amide bonds. The molecule has 0 bridgehead atoms. The zero-order chi connectivity index (χ0) is 16.3. The van der Waals surface area contributed by atoms with Gasteiger partial charge < -0.3 is 19.9 Å². The number of anilines is 1. The molecule has 1 aromatic heterocycles. The van der Waals surface area contributed by atoms with E-state index >= 15 is 0 Å². The molecular weight excluding hydrogens is 307 g/mol. The molecule has 1 aliphatic rings. The largest absolute Gasteiger partial charge is 0.383 e. The number of nitrogens with two attached hydrogens (primary N) is 1. The summed E-state index contributed by atoms with van der Waals surface area (Å²) < 4.78 is 12.7. The number of aromatic nitrogens is 2. The molecule has 0 aliphatic carbocycles. The molecule has 1 fully saturated rings. The Bertz CT molecular complexity index is 553. The van der Waals surface area contributed by atoms with Crippen molar-refractivity contribution in [1.82, 2.24) is 14.6 Å². The van der Waals surface area contributed by atoms with Crippen LogP contribution in [0.1, 0.15) is 33.4 Å². The van der Waals surface area contributed by atoms with Crippen molar-refractivity contribution in [1.29, 1.82) is 0 Å². The van der Waals surface area contributed by atoms with Crippen molar-refractivity contribution in [2.75, 3.05) is 12.3 Å². The number of rotatable bonds is 6. The van der Waals surface area contributed by atoms with Gasteiger partial charge in [-0.25, -0.2) is 9.88 Å². The molecule has 4 atom stereocenters. The van der Waals surface area contributed by atoms with Gasteiger partial charge in [0.05, 0.1) is 12.7 Å². The highest BCUT2D eigenvalue weighted by Crippen LogP contribution is 2.35. The van der Waals surface area contributed by atoms with Gasteiger partial charge in [-0.2, -0.15) is 4.98 Å². The summed E-state index contributed by atoms with van der Waals surface area (Å²) in [7, 11) is -1.66. The Kier molecular flexibility index (Phi) is 5.88. The van der Waals surface area contributed by atoms with E-state index in [1.165, 1.54) is 4.57 Å². The van der Waals surface area contributed by atoms with E-state index in [1.807, 2.05) is 20.8 Å². The monoisotopic (exact) mass is 330 g/mol. The van der Waals surface area contributed by atoms with Gasteiger partial charge in [0.2, 0.25) is 0 Å². The van der Waals surface area contributed by atoms with Crippen molar-refractivity contribution < 1.29 is 14.2 Å². The van der Waals surface area contributed by atoms with E-state index < -0.39 is 20.4 Å². The fraction of sp³-hybridized carbons (Fsp3) is 0.692. The quantitative estimate of drug-likeness (QED) is 0.667. The van der Waals surface area contributed by atoms with Crippen LogP contribution >= 0.6 is 8.53 Å². The van der Waals surface area contributed by atoms with Crippen molar-refractivity contribution in [2.45, 2.75) is 45.6 Å². The van der Waals surface area contributed by atoms with E-state index in [4.69, 9.17) is 15.0 Å². The third kappa shape index (κ3) is 4.47. The molecule has 2 heterocycles. The molecule has 4 N–H and O–H groups in total. The maximum Gasteiger partial charge on any atom is 0.351 e. The summed E-state index contributed by atoms with van der Waals surface area (Å²) in [5.41, 5.74) is 5.06. The summed E-state index contributed by atoms with van der Waals surface area (Å²) in [4.78, 5) is 25.3. The average Bonchev–Trinajstić information content (AvgIpc) is 2.77. The van der Waals surface area contributed by atoms with Crippen molar-refractivity contribution in [2.24, 2.45) is 5.92 Å². The highest BCUT2D eigenvalue weighted by molar-refractivity contribution is 7.43. The van der Waals surface area contributed by atoms with E-state index in [1.54, 1.807) is 12.3 Å². The first-order valence-corrected chi connectivity index (χ1v) is 8.46. The SMILES string of the molecule is CC(C)NP(O)OCC1CC(C)C(n2ccc(N)nc2=O)O1. The molecule has 0 aromatic carbocycles. The van der Waals surface area contributed by atoms with Crippen molar-refractivity contribution in [3.8, 4) is 0 Å². The maximum atomic E-state index is 11.9. The molecule has 1 saturated heterocycles. The van der Waals surface area contributed by atoms with E-state index in [9.17, 15) is 9.69 Å². The second-order valence-electron chi connectivity index (χ2n) is 5.76. The van der Waals surface area contributed by atoms with Gasteiger partial charge in [-0.3, -0.25) is 4.57 Å². The average molecular weight is 330 g/mol. The topological polar surface area (TPSA) is 112 Å². The van der Waals surface area contributed by atoms with Crippen LogP contribution < -0.4 is 16.5 Å². The summed E-state index contributed by atoms with van der Waals surface area (Å²) in [6, 6.07) is 1.72. The molecule has 0 radical (unpaired) electrons. The number of nitrogen functional groups attached to an aromatic ring is 1. The van der Waals surface area contributed by atoms with Crippen LogP contribution in [0, 0.1) is 5.92 Å². The first kappa shape index (κ1) is 17.3. The van der Waals surface area contributed by atoms with Gasteiger partial charge in [-0.05, 0) is 26.3 Å². The van der Waals surface area contributed by atoms with Gasteiger partial charge in [-0.1, -0.05) is 6.92 Å². The lowest BCUT2D eigenvalue weighted by Crippen LogP contribution is -2.29. The molecule has 4 unspecified atom stereocenters. The summed E-state index contributed by atoms with van der Waals surface area (Å²) in [6.45, 7) is 6.14. The highest BCUT2D eigenvalue weighted by atomic mass is 31.2. The predicted molar refractivity (Wildman–Crippen MR) is 84.0 cm³/mol. The van der Waals surface area contributed by atoms with Crippen molar-refractivity contribution in [3.05, 3.63) is 22.7 Å². The number of ether oxygens (including phenoxy) is 1. The van der Waals surface area contributed by atoms with Crippen LogP contribution in [0.25, 0.3) is 0 Å². The predicted octanol–water partition coefficient (Wildman–Crippen LogP) is 0.983. The number of hydrogen-bond donors (Lipinski definition) is 3. The molecule has 9 heteroatoms. The Hall–Kier alpha value is -1.05. The van der Waals surface area contributed by atoms with E-state index in [-0.39, 0.29) is 30.5 Å². The number of hydrogen-bond acceptors (Lipinski definition) is 7. The minimum Gasteiger partial charge on any atom is -0.383 e. The molecule has 2 rings (SSSR count). The Balaban J connectivity index is 1.93. The van der Waals surface area contributed by atoms with Gasteiger partial charge in [0, 0.05) is 18.2 Å². The minimum atomic E-state index is -1.66. The Morgan fingerprint density at radius 3 is 3.05 bits per heavy atom. The summed E-state index contributed by atoms with van der Waals surface area (Å²) in [5, 5.41) is 2.90. The molecule has 1 aliphatic heterocycles. The van der Waals surface area contributed by atoms with Crippen LogP contribution in [-0.2, 0) is 9.26 Å². The lowest BCUT2D eigenvalue weighted by Gasteiger charge is -2.19. The summed E-state index contributed by atoms with van der Waals surface area (Å²) in [5.74, 6) is 0.331. The number of nitrogens with zero attached hydrogens (tertiary/aromatic N) is 2. The van der Waals surface area contributed by atoms with Crippen LogP contribution in [0.3, 0.4) is 0 Å². The van der Waals surface area contributed by atoms with Crippen LogP contribution in [0.5, 0.6) is 0 Å². The van der Waals surface area contributed by atoms with Crippen molar-refractivity contribution in [3.63, 3.8) is 0 Å². The standard InChI is InChI=1S/C13H23N4O4P/c1-8(2)16-22(19)20-7-10-6-9(3)12(21-10)17-5-4-11(14)15-13(17)18/h4-5,8-10,12,16,19H,6-7H2,1-3H3,(H2,14,15,18). The lowest BCUT2D eigenvalue weighted by atomic mass is 10.1. The van der Waals surface area contributed by atoms with Gasteiger partial charge in [-0.15, -0.1) is 0 Å². The molecule has 124 valence electrons. The fourth-order valence-corrected chi connectivity index (χ4v) is 3.22. The zero-order valence-corrected chi connectivity index (χ0v) is 13.9. The van der Waals surface area contributed by atoms with Crippen molar-refractivity contribution >= 4 is 14.3 Å². The summed E-state index contributed by atoms with van der Waals surface area (Å²) >= 11 is 0. The van der Waals surface area contributed by atoms with Gasteiger partial charge in [0.1, 0.15) is 12.0 Å². The van der Waals surface area contributed by atoms with E-state index in [2.05, 4.69) is 10.1 Å². The zero-order valence-electron chi connectivity index (χ0n) is 13.0. The molecule has 0 spiro atoms. The normalized spacial score (nSPS) is 26.5. The Morgan fingerprint density at radius 1 is 1.68 bits per heavy atom. The molecule has 8 nitrogen and oxygen atoms in total. The van der Waals surface area contributed by atoms with E-state index in [0.29, 0.717) is 0 Å². The van der Waals surface area contributed by atoms with Crippen LogP contribution in [-0.4, -0.2) is 33.2 Å². The Labute approximate surface area is 130 Å². The fourth-order valence-electron chi connectivity index (χ4n) is 2.40. The third-order valence-corrected chi connectivity index (χ3v) is 4.46. The summed E-state index contributed by atoms with van der Waals surface area (Å²) in [6.07, 6.45) is 1.77.